The van der Waals surface area contributed by atoms with Crippen LogP contribution in [0.25, 0.3) is 0 Å². The van der Waals surface area contributed by atoms with Crippen molar-refractivity contribution in [3.05, 3.63) is 0 Å². The van der Waals surface area contributed by atoms with Gasteiger partial charge in [0.05, 0.1) is 0 Å². The van der Waals surface area contributed by atoms with Crippen molar-refractivity contribution in [1.82, 2.24) is 0 Å². The molecule has 4 aliphatic carbocycles. The second-order valence-corrected chi connectivity index (χ2v) is 12.7. The van der Waals surface area contributed by atoms with Crippen LogP contribution in [0.1, 0.15) is 98.3 Å². The Labute approximate surface area is 181 Å². The van der Waals surface area contributed by atoms with E-state index < -0.39 is 0 Å². The second-order valence-electron chi connectivity index (χ2n) is 12.2. The summed E-state index contributed by atoms with van der Waals surface area (Å²) in [6, 6.07) is 0. The summed E-state index contributed by atoms with van der Waals surface area (Å²) in [5.74, 6) is 12.7. The molecule has 0 amide bonds. The summed E-state index contributed by atoms with van der Waals surface area (Å²) in [4.78, 5) is 0. The van der Waals surface area contributed by atoms with Crippen molar-refractivity contribution in [3.8, 4) is 0 Å². The molecule has 0 heterocycles. The molecule has 0 bridgehead atoms. The molecule has 0 nitrogen and oxygen atoms in total. The van der Waals surface area contributed by atoms with E-state index in [0.29, 0.717) is 0 Å². The van der Waals surface area contributed by atoms with E-state index in [1.807, 2.05) is 0 Å². The molecule has 8 unspecified atom stereocenters. The van der Waals surface area contributed by atoms with Crippen LogP contribution in [0.15, 0.2) is 0 Å². The van der Waals surface area contributed by atoms with E-state index in [2.05, 4.69) is 40.3 Å². The third-order valence-corrected chi connectivity index (χ3v) is 10.2. The van der Waals surface area contributed by atoms with E-state index in [0.717, 1.165) is 70.8 Å². The normalized spacial score (nSPS) is 43.9. The van der Waals surface area contributed by atoms with Gasteiger partial charge >= 0.3 is 0 Å². The van der Waals surface area contributed by atoms with Gasteiger partial charge in [-0.15, -0.1) is 0 Å². The van der Waals surface area contributed by atoms with Gasteiger partial charge in [-0.25, -0.2) is 0 Å². The molecule has 0 aromatic carbocycles. The van der Waals surface area contributed by atoms with E-state index >= 15 is 0 Å². The Bertz CT molecular complexity index is 492. The maximum atomic E-state index is 4.64. The maximum Gasteiger partial charge on any atom is -0.00952 e. The van der Waals surface area contributed by atoms with Crippen molar-refractivity contribution in [2.75, 3.05) is 5.75 Å². The highest BCUT2D eigenvalue weighted by atomic mass is 32.1. The molecule has 0 aliphatic heterocycles. The minimum absolute atomic E-state index is 0.892. The van der Waals surface area contributed by atoms with Crippen molar-refractivity contribution in [1.29, 1.82) is 0 Å². The van der Waals surface area contributed by atoms with Gasteiger partial charge in [0.25, 0.3) is 0 Å². The van der Waals surface area contributed by atoms with E-state index in [-0.39, 0.29) is 0 Å². The number of thiol groups is 1. The number of hydrogen-bond donors (Lipinski definition) is 1. The largest absolute Gasteiger partial charge is 0.179 e. The van der Waals surface area contributed by atoms with E-state index in [4.69, 9.17) is 0 Å². The minimum atomic E-state index is 0.892. The lowest BCUT2D eigenvalue weighted by Crippen LogP contribution is -2.38. The Kier molecular flexibility index (Phi) is 7.12. The van der Waals surface area contributed by atoms with Crippen LogP contribution in [0, 0.1) is 65.1 Å². The van der Waals surface area contributed by atoms with Crippen LogP contribution in [-0.2, 0) is 0 Å². The Morgan fingerprint density at radius 1 is 0.893 bits per heavy atom. The first-order chi connectivity index (χ1) is 13.5. The summed E-state index contributed by atoms with van der Waals surface area (Å²) < 4.78 is 0. The molecule has 4 saturated carbocycles. The summed E-state index contributed by atoms with van der Waals surface area (Å²) in [6.45, 7) is 9.86. The SMILES string of the molecule is CC(C)CCCC1CC1C(C)C1CCC1CC(CCS)C1CC(C2CC2C)C1. The highest BCUT2D eigenvalue weighted by molar-refractivity contribution is 7.80. The molecule has 1 heteroatoms. The standard InChI is InChI=1S/C27H48S/c1-17(2)6-5-7-21-16-27(21)19(4)25-9-8-22(25)13-20(10-11-28)23-14-24(15-23)26-12-18(26)3/h17-28H,5-16H2,1-4H3. The summed E-state index contributed by atoms with van der Waals surface area (Å²) in [5.41, 5.74) is 0. The first kappa shape index (κ1) is 21.6. The lowest BCUT2D eigenvalue weighted by Gasteiger charge is -2.47. The van der Waals surface area contributed by atoms with E-state index in [9.17, 15) is 0 Å². The fourth-order valence-corrected chi connectivity index (χ4v) is 7.82. The van der Waals surface area contributed by atoms with Crippen LogP contribution in [0.4, 0.5) is 0 Å². The highest BCUT2D eigenvalue weighted by Crippen LogP contribution is 2.58. The zero-order chi connectivity index (χ0) is 19.8. The topological polar surface area (TPSA) is 0 Å². The van der Waals surface area contributed by atoms with Crippen molar-refractivity contribution < 1.29 is 0 Å². The van der Waals surface area contributed by atoms with Gasteiger partial charge < -0.3 is 0 Å². The van der Waals surface area contributed by atoms with Gasteiger partial charge in [0.1, 0.15) is 0 Å². The molecule has 4 aliphatic rings. The van der Waals surface area contributed by atoms with Gasteiger partial charge in [0, 0.05) is 0 Å². The lowest BCUT2D eigenvalue weighted by molar-refractivity contribution is 0.0317. The van der Waals surface area contributed by atoms with Gasteiger partial charge in [-0.2, -0.15) is 12.6 Å². The molecule has 28 heavy (non-hydrogen) atoms. The molecule has 0 saturated heterocycles. The predicted octanol–water partition coefficient (Wildman–Crippen LogP) is 8.12. The first-order valence-electron chi connectivity index (χ1n) is 13.1. The van der Waals surface area contributed by atoms with E-state index in [1.54, 1.807) is 38.5 Å². The summed E-state index contributed by atoms with van der Waals surface area (Å²) in [6.07, 6.45) is 16.7. The summed E-state index contributed by atoms with van der Waals surface area (Å²) in [5, 5.41) is 0. The summed E-state index contributed by atoms with van der Waals surface area (Å²) >= 11 is 4.64. The molecule has 0 radical (unpaired) electrons. The average Bonchev–Trinajstić information content (AvgIpc) is 3.48. The van der Waals surface area contributed by atoms with Crippen LogP contribution in [0.3, 0.4) is 0 Å². The Hall–Kier alpha value is 0.350. The predicted molar refractivity (Wildman–Crippen MR) is 126 cm³/mol. The van der Waals surface area contributed by atoms with Gasteiger partial charge in [0.2, 0.25) is 0 Å². The zero-order valence-electron chi connectivity index (χ0n) is 19.3. The van der Waals surface area contributed by atoms with Crippen molar-refractivity contribution >= 4 is 12.6 Å². The van der Waals surface area contributed by atoms with Gasteiger partial charge in [-0.05, 0) is 122 Å². The monoisotopic (exact) mass is 404 g/mol. The lowest BCUT2D eigenvalue weighted by atomic mass is 9.58. The van der Waals surface area contributed by atoms with Crippen LogP contribution in [-0.4, -0.2) is 5.75 Å². The molecule has 4 fully saturated rings. The molecule has 162 valence electrons. The Morgan fingerprint density at radius 3 is 2.21 bits per heavy atom. The second kappa shape index (κ2) is 9.23. The van der Waals surface area contributed by atoms with Crippen LogP contribution in [0.5, 0.6) is 0 Å². The van der Waals surface area contributed by atoms with Crippen molar-refractivity contribution in [2.24, 2.45) is 65.1 Å². The van der Waals surface area contributed by atoms with E-state index in [1.165, 1.54) is 32.1 Å². The molecule has 0 aromatic rings. The van der Waals surface area contributed by atoms with Gasteiger partial charge in [-0.3, -0.25) is 0 Å². The molecule has 0 spiro atoms. The molecular weight excluding hydrogens is 356 g/mol. The summed E-state index contributed by atoms with van der Waals surface area (Å²) in [7, 11) is 0. The molecule has 0 N–H and O–H groups in total. The maximum absolute atomic E-state index is 4.64. The fraction of sp³-hybridized carbons (Fsp3) is 1.00. The smallest absolute Gasteiger partial charge is 0.00952 e. The first-order valence-corrected chi connectivity index (χ1v) is 13.7. The molecule has 4 rings (SSSR count). The Balaban J connectivity index is 1.20. The van der Waals surface area contributed by atoms with Crippen molar-refractivity contribution in [3.63, 3.8) is 0 Å². The van der Waals surface area contributed by atoms with Crippen molar-refractivity contribution in [2.45, 2.75) is 98.3 Å². The average molecular weight is 405 g/mol. The number of hydrogen-bond acceptors (Lipinski definition) is 1. The third kappa shape index (κ3) is 4.97. The van der Waals surface area contributed by atoms with Crippen LogP contribution in [0.2, 0.25) is 0 Å². The van der Waals surface area contributed by atoms with Crippen LogP contribution >= 0.6 is 12.6 Å². The quantitative estimate of drug-likeness (QED) is 0.312. The van der Waals surface area contributed by atoms with Crippen LogP contribution < -0.4 is 0 Å². The highest BCUT2D eigenvalue weighted by Gasteiger charge is 2.50. The zero-order valence-corrected chi connectivity index (χ0v) is 20.2. The molecular formula is C27H48S. The molecule has 8 atom stereocenters. The van der Waals surface area contributed by atoms with Gasteiger partial charge in [-0.1, -0.05) is 47.0 Å². The van der Waals surface area contributed by atoms with Gasteiger partial charge in [0.15, 0.2) is 0 Å². The fourth-order valence-electron chi connectivity index (χ4n) is 7.48. The minimum Gasteiger partial charge on any atom is -0.179 e. The number of rotatable bonds is 12. The third-order valence-electron chi connectivity index (χ3n) is 9.92. The Morgan fingerprint density at radius 2 is 1.64 bits per heavy atom. The molecule has 0 aromatic heterocycles.